The third-order valence-corrected chi connectivity index (χ3v) is 3.17. The van der Waals surface area contributed by atoms with Gasteiger partial charge in [0, 0.05) is 24.1 Å². The highest BCUT2D eigenvalue weighted by molar-refractivity contribution is 6.31. The standard InChI is InChI=1S/C12H17ClN2O2/c1-7(2)12(8(3)14)10-5-4-9(15(16)17)6-11(10)13/h4-8,12H,14H2,1-3H3. The van der Waals surface area contributed by atoms with E-state index >= 15 is 0 Å². The maximum atomic E-state index is 10.6. The van der Waals surface area contributed by atoms with Crippen molar-refractivity contribution < 1.29 is 4.92 Å². The van der Waals surface area contributed by atoms with Crippen LogP contribution in [0.25, 0.3) is 0 Å². The van der Waals surface area contributed by atoms with Crippen molar-refractivity contribution in [2.45, 2.75) is 32.7 Å². The summed E-state index contributed by atoms with van der Waals surface area (Å²) < 4.78 is 0. The Morgan fingerprint density at radius 1 is 1.35 bits per heavy atom. The van der Waals surface area contributed by atoms with Crippen molar-refractivity contribution in [2.75, 3.05) is 0 Å². The monoisotopic (exact) mass is 256 g/mol. The summed E-state index contributed by atoms with van der Waals surface area (Å²) in [4.78, 5) is 10.2. The summed E-state index contributed by atoms with van der Waals surface area (Å²) in [5, 5.41) is 11.0. The first-order chi connectivity index (χ1) is 7.84. The second-order valence-electron chi connectivity index (χ2n) is 4.59. The zero-order valence-electron chi connectivity index (χ0n) is 10.2. The van der Waals surface area contributed by atoms with Crippen LogP contribution < -0.4 is 5.73 Å². The number of rotatable bonds is 4. The third kappa shape index (κ3) is 3.17. The van der Waals surface area contributed by atoms with Gasteiger partial charge in [0.25, 0.3) is 5.69 Å². The van der Waals surface area contributed by atoms with Gasteiger partial charge in [-0.05, 0) is 18.4 Å². The molecule has 2 unspecified atom stereocenters. The number of nitrogens with zero attached hydrogens (tertiary/aromatic N) is 1. The Hall–Kier alpha value is -1.13. The number of hydrogen-bond acceptors (Lipinski definition) is 3. The maximum Gasteiger partial charge on any atom is 0.270 e. The van der Waals surface area contributed by atoms with Crippen molar-refractivity contribution in [3.63, 3.8) is 0 Å². The molecule has 4 nitrogen and oxygen atoms in total. The first-order valence-corrected chi connectivity index (χ1v) is 5.91. The summed E-state index contributed by atoms with van der Waals surface area (Å²) in [6, 6.07) is 4.51. The Bertz CT molecular complexity index is 411. The van der Waals surface area contributed by atoms with E-state index in [-0.39, 0.29) is 17.6 Å². The van der Waals surface area contributed by atoms with Crippen LogP contribution in [-0.4, -0.2) is 11.0 Å². The molecule has 0 bridgehead atoms. The highest BCUT2D eigenvalue weighted by Crippen LogP contribution is 2.34. The summed E-state index contributed by atoms with van der Waals surface area (Å²) in [6.45, 7) is 6.04. The van der Waals surface area contributed by atoms with Gasteiger partial charge in [-0.25, -0.2) is 0 Å². The molecule has 0 saturated heterocycles. The van der Waals surface area contributed by atoms with Crippen molar-refractivity contribution in [3.8, 4) is 0 Å². The first kappa shape index (κ1) is 13.9. The summed E-state index contributed by atoms with van der Waals surface area (Å²) in [7, 11) is 0. The molecule has 0 aromatic heterocycles. The van der Waals surface area contributed by atoms with Gasteiger partial charge >= 0.3 is 0 Å². The van der Waals surface area contributed by atoms with Gasteiger partial charge in [0.2, 0.25) is 0 Å². The number of halogens is 1. The largest absolute Gasteiger partial charge is 0.327 e. The Kier molecular flexibility index (Phi) is 4.48. The van der Waals surface area contributed by atoms with E-state index in [4.69, 9.17) is 17.3 Å². The summed E-state index contributed by atoms with van der Waals surface area (Å²) in [6.07, 6.45) is 0. The number of non-ortho nitro benzene ring substituents is 1. The van der Waals surface area contributed by atoms with Crippen molar-refractivity contribution in [3.05, 3.63) is 38.9 Å². The molecule has 0 heterocycles. The molecule has 0 amide bonds. The van der Waals surface area contributed by atoms with Crippen LogP contribution in [0.1, 0.15) is 32.3 Å². The van der Waals surface area contributed by atoms with Gasteiger partial charge < -0.3 is 5.73 Å². The minimum absolute atomic E-state index is 0.00549. The highest BCUT2D eigenvalue weighted by atomic mass is 35.5. The van der Waals surface area contributed by atoms with Crippen LogP contribution in [-0.2, 0) is 0 Å². The maximum absolute atomic E-state index is 10.6. The lowest BCUT2D eigenvalue weighted by Gasteiger charge is -2.25. The van der Waals surface area contributed by atoms with E-state index in [9.17, 15) is 10.1 Å². The van der Waals surface area contributed by atoms with Gasteiger partial charge in [-0.1, -0.05) is 31.5 Å². The molecule has 0 radical (unpaired) electrons. The Morgan fingerprint density at radius 2 is 1.94 bits per heavy atom. The lowest BCUT2D eigenvalue weighted by atomic mass is 9.83. The quantitative estimate of drug-likeness (QED) is 0.664. The molecule has 0 saturated carbocycles. The first-order valence-electron chi connectivity index (χ1n) is 5.54. The van der Waals surface area contributed by atoms with E-state index < -0.39 is 4.92 Å². The van der Waals surface area contributed by atoms with Crippen molar-refractivity contribution in [1.29, 1.82) is 0 Å². The fraction of sp³-hybridized carbons (Fsp3) is 0.500. The van der Waals surface area contributed by atoms with Crippen LogP contribution in [0.5, 0.6) is 0 Å². The number of hydrogen-bond donors (Lipinski definition) is 1. The molecule has 17 heavy (non-hydrogen) atoms. The zero-order valence-corrected chi connectivity index (χ0v) is 10.9. The van der Waals surface area contributed by atoms with Crippen LogP contribution in [0.4, 0.5) is 5.69 Å². The molecule has 0 aliphatic heterocycles. The van der Waals surface area contributed by atoms with Crippen molar-refractivity contribution in [1.82, 2.24) is 0 Å². The van der Waals surface area contributed by atoms with E-state index in [0.717, 1.165) is 5.56 Å². The lowest BCUT2D eigenvalue weighted by molar-refractivity contribution is -0.384. The normalized spacial score (nSPS) is 14.7. The smallest absolute Gasteiger partial charge is 0.270 e. The molecule has 0 fully saturated rings. The molecule has 0 aliphatic rings. The Morgan fingerprint density at radius 3 is 2.29 bits per heavy atom. The zero-order chi connectivity index (χ0) is 13.2. The minimum atomic E-state index is -0.452. The van der Waals surface area contributed by atoms with Crippen LogP contribution in [0, 0.1) is 16.0 Å². The van der Waals surface area contributed by atoms with Gasteiger partial charge in [-0.2, -0.15) is 0 Å². The summed E-state index contributed by atoms with van der Waals surface area (Å²) in [5.74, 6) is 0.428. The number of nitro benzene ring substituents is 1. The highest BCUT2D eigenvalue weighted by Gasteiger charge is 2.23. The topological polar surface area (TPSA) is 69.2 Å². The van der Waals surface area contributed by atoms with E-state index in [1.807, 2.05) is 6.92 Å². The van der Waals surface area contributed by atoms with Crippen LogP contribution in [0.3, 0.4) is 0 Å². The summed E-state index contributed by atoms with van der Waals surface area (Å²) in [5.41, 5.74) is 6.83. The molecular formula is C12H17ClN2O2. The van der Waals surface area contributed by atoms with E-state index in [2.05, 4.69) is 13.8 Å². The minimum Gasteiger partial charge on any atom is -0.327 e. The molecule has 2 atom stereocenters. The SMILES string of the molecule is CC(C)C(c1ccc([N+](=O)[O-])cc1Cl)C(C)N. The molecule has 1 aromatic carbocycles. The third-order valence-electron chi connectivity index (χ3n) is 2.84. The van der Waals surface area contributed by atoms with Gasteiger partial charge in [-0.3, -0.25) is 10.1 Å². The second kappa shape index (κ2) is 5.47. The predicted molar refractivity (Wildman–Crippen MR) is 69.3 cm³/mol. The number of nitro groups is 1. The second-order valence-corrected chi connectivity index (χ2v) is 5.00. The summed E-state index contributed by atoms with van der Waals surface area (Å²) >= 11 is 6.10. The molecule has 2 N–H and O–H groups in total. The molecule has 0 spiro atoms. The average Bonchev–Trinajstić information content (AvgIpc) is 2.19. The molecule has 0 aliphatic carbocycles. The van der Waals surface area contributed by atoms with Gasteiger partial charge in [0.05, 0.1) is 9.95 Å². The molecule has 94 valence electrons. The van der Waals surface area contributed by atoms with Gasteiger partial charge in [0.1, 0.15) is 0 Å². The van der Waals surface area contributed by atoms with Gasteiger partial charge in [-0.15, -0.1) is 0 Å². The number of benzene rings is 1. The van der Waals surface area contributed by atoms with Crippen LogP contribution in [0.15, 0.2) is 18.2 Å². The fourth-order valence-corrected chi connectivity index (χ4v) is 2.45. The fourth-order valence-electron chi connectivity index (χ4n) is 2.15. The van der Waals surface area contributed by atoms with E-state index in [1.165, 1.54) is 12.1 Å². The molecule has 5 heteroatoms. The average molecular weight is 257 g/mol. The Labute approximate surface area is 106 Å². The lowest BCUT2D eigenvalue weighted by Crippen LogP contribution is -2.28. The van der Waals surface area contributed by atoms with Crippen molar-refractivity contribution in [2.24, 2.45) is 11.7 Å². The van der Waals surface area contributed by atoms with Crippen molar-refractivity contribution >= 4 is 17.3 Å². The van der Waals surface area contributed by atoms with E-state index in [0.29, 0.717) is 10.9 Å². The van der Waals surface area contributed by atoms with Gasteiger partial charge in [0.15, 0.2) is 0 Å². The molecule has 1 aromatic rings. The molecular weight excluding hydrogens is 240 g/mol. The number of nitrogens with two attached hydrogens (primary N) is 1. The molecule has 1 rings (SSSR count). The van der Waals surface area contributed by atoms with E-state index in [1.54, 1.807) is 6.07 Å². The van der Waals surface area contributed by atoms with Crippen LogP contribution in [0.2, 0.25) is 5.02 Å². The predicted octanol–water partition coefficient (Wildman–Crippen LogP) is 3.34. The van der Waals surface area contributed by atoms with Crippen LogP contribution >= 0.6 is 11.6 Å². The Balaban J connectivity index is 3.18.